The van der Waals surface area contributed by atoms with Gasteiger partial charge in [0.05, 0.1) is 5.69 Å². The fourth-order valence-corrected chi connectivity index (χ4v) is 2.50. The summed E-state index contributed by atoms with van der Waals surface area (Å²) in [7, 11) is 0. The first-order chi connectivity index (χ1) is 9.72. The van der Waals surface area contributed by atoms with Gasteiger partial charge in [-0.25, -0.2) is 0 Å². The number of hydrogen-bond acceptors (Lipinski definition) is 1. The lowest BCUT2D eigenvalue weighted by atomic mass is 10.0. The molecule has 0 amide bonds. The summed E-state index contributed by atoms with van der Waals surface area (Å²) in [5.41, 5.74) is 5.60. The minimum Gasteiger partial charge on any atom is -0.253 e. The predicted molar refractivity (Wildman–Crippen MR) is 87.5 cm³/mol. The third-order valence-corrected chi connectivity index (χ3v) is 3.73. The summed E-state index contributed by atoms with van der Waals surface area (Å²) in [6.45, 7) is 2.04. The van der Waals surface area contributed by atoms with Gasteiger partial charge in [-0.15, -0.1) is 0 Å². The van der Waals surface area contributed by atoms with Gasteiger partial charge in [0, 0.05) is 15.7 Å². The fourth-order valence-electron chi connectivity index (χ4n) is 2.23. The van der Waals surface area contributed by atoms with Crippen molar-refractivity contribution in [2.75, 3.05) is 0 Å². The molecule has 0 unspecified atom stereocenters. The standard InChI is InChI=1S/C18H14BrN/c1-13-11-16(14-5-3-2-4-6-14)12-18(20-13)15-7-9-17(19)10-8-15/h2-12H,1H3. The highest BCUT2D eigenvalue weighted by atomic mass is 79.9. The Morgan fingerprint density at radius 3 is 2.15 bits per heavy atom. The van der Waals surface area contributed by atoms with Crippen LogP contribution in [0.5, 0.6) is 0 Å². The summed E-state index contributed by atoms with van der Waals surface area (Å²) in [5, 5.41) is 0. The summed E-state index contributed by atoms with van der Waals surface area (Å²) in [6, 6.07) is 22.9. The van der Waals surface area contributed by atoms with E-state index >= 15 is 0 Å². The number of pyridine rings is 1. The molecule has 0 saturated carbocycles. The van der Waals surface area contributed by atoms with E-state index in [0.717, 1.165) is 21.4 Å². The Labute approximate surface area is 127 Å². The van der Waals surface area contributed by atoms with E-state index in [-0.39, 0.29) is 0 Å². The third-order valence-electron chi connectivity index (χ3n) is 3.20. The number of nitrogens with zero attached hydrogens (tertiary/aromatic N) is 1. The van der Waals surface area contributed by atoms with E-state index in [0.29, 0.717) is 0 Å². The van der Waals surface area contributed by atoms with Crippen LogP contribution < -0.4 is 0 Å². The van der Waals surface area contributed by atoms with E-state index in [1.807, 2.05) is 25.1 Å². The van der Waals surface area contributed by atoms with Gasteiger partial charge in [-0.05, 0) is 42.3 Å². The van der Waals surface area contributed by atoms with Gasteiger partial charge < -0.3 is 0 Å². The Kier molecular flexibility index (Phi) is 3.66. The van der Waals surface area contributed by atoms with Crippen molar-refractivity contribution < 1.29 is 0 Å². The molecule has 0 fully saturated rings. The maximum Gasteiger partial charge on any atom is 0.0711 e. The second-order valence-corrected chi connectivity index (χ2v) is 5.67. The number of hydrogen-bond donors (Lipinski definition) is 0. The van der Waals surface area contributed by atoms with Crippen LogP contribution in [-0.4, -0.2) is 4.98 Å². The van der Waals surface area contributed by atoms with Crippen LogP contribution in [0.3, 0.4) is 0 Å². The van der Waals surface area contributed by atoms with Crippen LogP contribution >= 0.6 is 15.9 Å². The van der Waals surface area contributed by atoms with E-state index in [9.17, 15) is 0 Å². The Hall–Kier alpha value is -1.93. The Morgan fingerprint density at radius 1 is 0.750 bits per heavy atom. The molecular formula is C18H14BrN. The molecule has 0 saturated heterocycles. The van der Waals surface area contributed by atoms with Crippen LogP contribution in [-0.2, 0) is 0 Å². The molecule has 98 valence electrons. The summed E-state index contributed by atoms with van der Waals surface area (Å²) in [6.07, 6.45) is 0. The van der Waals surface area contributed by atoms with E-state index in [4.69, 9.17) is 0 Å². The molecule has 20 heavy (non-hydrogen) atoms. The van der Waals surface area contributed by atoms with Gasteiger partial charge in [0.2, 0.25) is 0 Å². The minimum absolute atomic E-state index is 1.01. The molecule has 1 heterocycles. The van der Waals surface area contributed by atoms with Crippen LogP contribution in [0.15, 0.2) is 71.2 Å². The average molecular weight is 324 g/mol. The SMILES string of the molecule is Cc1cc(-c2ccccc2)cc(-c2ccc(Br)cc2)n1. The third kappa shape index (κ3) is 2.81. The van der Waals surface area contributed by atoms with Crippen LogP contribution in [0.2, 0.25) is 0 Å². The van der Waals surface area contributed by atoms with Gasteiger partial charge in [0.25, 0.3) is 0 Å². The number of halogens is 1. The molecular weight excluding hydrogens is 310 g/mol. The van der Waals surface area contributed by atoms with Gasteiger partial charge in [-0.2, -0.15) is 0 Å². The second kappa shape index (κ2) is 5.59. The molecule has 0 aliphatic heterocycles. The van der Waals surface area contributed by atoms with Crippen LogP contribution in [0.4, 0.5) is 0 Å². The lowest BCUT2D eigenvalue weighted by Crippen LogP contribution is -1.89. The van der Waals surface area contributed by atoms with Gasteiger partial charge in [0.15, 0.2) is 0 Å². The first-order valence-corrected chi connectivity index (χ1v) is 7.32. The lowest BCUT2D eigenvalue weighted by Gasteiger charge is -2.07. The van der Waals surface area contributed by atoms with Gasteiger partial charge in [0.1, 0.15) is 0 Å². The molecule has 3 rings (SSSR count). The average Bonchev–Trinajstić information content (AvgIpc) is 2.48. The molecule has 0 aliphatic rings. The smallest absolute Gasteiger partial charge is 0.0711 e. The van der Waals surface area contributed by atoms with Crippen molar-refractivity contribution in [2.45, 2.75) is 6.92 Å². The van der Waals surface area contributed by atoms with E-state index in [2.05, 4.69) is 69.4 Å². The molecule has 2 heteroatoms. The van der Waals surface area contributed by atoms with Crippen molar-refractivity contribution in [3.05, 3.63) is 76.9 Å². The van der Waals surface area contributed by atoms with Crippen molar-refractivity contribution in [2.24, 2.45) is 0 Å². The van der Waals surface area contributed by atoms with Crippen LogP contribution in [0, 0.1) is 6.92 Å². The molecule has 0 radical (unpaired) electrons. The molecule has 0 aliphatic carbocycles. The molecule has 0 bridgehead atoms. The molecule has 3 aromatic rings. The summed E-state index contributed by atoms with van der Waals surface area (Å²) in [4.78, 5) is 4.64. The Balaban J connectivity index is 2.09. The zero-order chi connectivity index (χ0) is 13.9. The zero-order valence-electron chi connectivity index (χ0n) is 11.2. The normalized spacial score (nSPS) is 10.5. The maximum absolute atomic E-state index is 4.64. The summed E-state index contributed by atoms with van der Waals surface area (Å²) < 4.78 is 1.08. The fraction of sp³-hybridized carbons (Fsp3) is 0.0556. The van der Waals surface area contributed by atoms with Crippen molar-refractivity contribution in [1.82, 2.24) is 4.98 Å². The Bertz CT molecular complexity index is 718. The molecule has 1 nitrogen and oxygen atoms in total. The van der Waals surface area contributed by atoms with Crippen molar-refractivity contribution in [3.8, 4) is 22.4 Å². The lowest BCUT2D eigenvalue weighted by molar-refractivity contribution is 1.21. The predicted octanol–water partition coefficient (Wildman–Crippen LogP) is 5.49. The molecule has 0 N–H and O–H groups in total. The molecule has 0 atom stereocenters. The monoisotopic (exact) mass is 323 g/mol. The van der Waals surface area contributed by atoms with Crippen LogP contribution in [0.25, 0.3) is 22.4 Å². The maximum atomic E-state index is 4.64. The molecule has 1 aromatic heterocycles. The number of benzene rings is 2. The molecule has 2 aromatic carbocycles. The highest BCUT2D eigenvalue weighted by molar-refractivity contribution is 9.10. The first-order valence-electron chi connectivity index (χ1n) is 6.52. The number of aryl methyl sites for hydroxylation is 1. The summed E-state index contributed by atoms with van der Waals surface area (Å²) in [5.74, 6) is 0. The van der Waals surface area contributed by atoms with Gasteiger partial charge >= 0.3 is 0 Å². The number of rotatable bonds is 2. The van der Waals surface area contributed by atoms with Crippen molar-refractivity contribution in [1.29, 1.82) is 0 Å². The quantitative estimate of drug-likeness (QED) is 0.608. The minimum atomic E-state index is 1.01. The highest BCUT2D eigenvalue weighted by Gasteiger charge is 2.04. The summed E-state index contributed by atoms with van der Waals surface area (Å²) >= 11 is 3.46. The topological polar surface area (TPSA) is 12.9 Å². The van der Waals surface area contributed by atoms with Gasteiger partial charge in [-0.1, -0.05) is 58.4 Å². The highest BCUT2D eigenvalue weighted by Crippen LogP contribution is 2.26. The largest absolute Gasteiger partial charge is 0.253 e. The van der Waals surface area contributed by atoms with E-state index in [1.54, 1.807) is 0 Å². The second-order valence-electron chi connectivity index (χ2n) is 4.76. The first kappa shape index (κ1) is 13.1. The van der Waals surface area contributed by atoms with E-state index < -0.39 is 0 Å². The zero-order valence-corrected chi connectivity index (χ0v) is 12.8. The number of aromatic nitrogens is 1. The van der Waals surface area contributed by atoms with Crippen molar-refractivity contribution in [3.63, 3.8) is 0 Å². The van der Waals surface area contributed by atoms with E-state index in [1.165, 1.54) is 11.1 Å². The van der Waals surface area contributed by atoms with Crippen LogP contribution in [0.1, 0.15) is 5.69 Å². The van der Waals surface area contributed by atoms with Gasteiger partial charge in [-0.3, -0.25) is 4.98 Å². The van der Waals surface area contributed by atoms with Crippen molar-refractivity contribution >= 4 is 15.9 Å². The molecule has 0 spiro atoms. The Morgan fingerprint density at radius 2 is 1.45 bits per heavy atom.